The summed E-state index contributed by atoms with van der Waals surface area (Å²) in [6.07, 6.45) is 3.05. The van der Waals surface area contributed by atoms with E-state index in [-0.39, 0.29) is 0 Å². The summed E-state index contributed by atoms with van der Waals surface area (Å²) in [5.74, 6) is 0.632. The SMILES string of the molecule is CCC(C(C)OC(C)C)C(CC)N(C)C. The maximum Gasteiger partial charge on any atom is 0.0593 e. The van der Waals surface area contributed by atoms with Crippen LogP contribution in [0.15, 0.2) is 0 Å². The molecule has 0 N–H and O–H groups in total. The van der Waals surface area contributed by atoms with Gasteiger partial charge in [-0.1, -0.05) is 13.8 Å². The maximum absolute atomic E-state index is 5.91. The lowest BCUT2D eigenvalue weighted by Gasteiger charge is -2.35. The zero-order valence-corrected chi connectivity index (χ0v) is 11.6. The zero-order valence-electron chi connectivity index (χ0n) is 11.6. The van der Waals surface area contributed by atoms with Crippen molar-refractivity contribution in [3.05, 3.63) is 0 Å². The highest BCUT2D eigenvalue weighted by atomic mass is 16.5. The third-order valence-electron chi connectivity index (χ3n) is 3.14. The Balaban J connectivity index is 4.43. The van der Waals surface area contributed by atoms with Crippen molar-refractivity contribution in [3.8, 4) is 0 Å². The van der Waals surface area contributed by atoms with Crippen LogP contribution in [0.4, 0.5) is 0 Å². The molecule has 0 heterocycles. The quantitative estimate of drug-likeness (QED) is 0.647. The van der Waals surface area contributed by atoms with Gasteiger partial charge in [0.25, 0.3) is 0 Å². The third-order valence-corrected chi connectivity index (χ3v) is 3.14. The highest BCUT2D eigenvalue weighted by molar-refractivity contribution is 4.79. The molecule has 0 rings (SSSR count). The standard InChI is InChI=1S/C13H29NO/c1-8-12(11(5)15-10(3)4)13(9-2)14(6)7/h10-13H,8-9H2,1-7H3. The fraction of sp³-hybridized carbons (Fsp3) is 1.00. The molecule has 2 nitrogen and oxygen atoms in total. The van der Waals surface area contributed by atoms with Gasteiger partial charge < -0.3 is 9.64 Å². The van der Waals surface area contributed by atoms with Crippen molar-refractivity contribution in [1.29, 1.82) is 0 Å². The van der Waals surface area contributed by atoms with E-state index in [1.165, 1.54) is 12.8 Å². The normalized spacial score (nSPS) is 18.2. The van der Waals surface area contributed by atoms with E-state index in [1.54, 1.807) is 0 Å². The minimum Gasteiger partial charge on any atom is -0.376 e. The molecule has 0 saturated heterocycles. The molecule has 3 unspecified atom stereocenters. The lowest BCUT2D eigenvalue weighted by atomic mass is 9.89. The van der Waals surface area contributed by atoms with Crippen LogP contribution in [0.5, 0.6) is 0 Å². The van der Waals surface area contributed by atoms with Crippen LogP contribution < -0.4 is 0 Å². The Labute approximate surface area is 96.0 Å². The third kappa shape index (κ3) is 4.98. The highest BCUT2D eigenvalue weighted by Gasteiger charge is 2.26. The second-order valence-electron chi connectivity index (χ2n) is 4.90. The molecule has 0 radical (unpaired) electrons. The molecule has 3 atom stereocenters. The minimum atomic E-state index is 0.328. The molecular formula is C13H29NO. The molecule has 0 bridgehead atoms. The summed E-state index contributed by atoms with van der Waals surface area (Å²) in [7, 11) is 4.33. The summed E-state index contributed by atoms with van der Waals surface area (Å²) in [5.41, 5.74) is 0. The van der Waals surface area contributed by atoms with Crippen molar-refractivity contribution in [2.75, 3.05) is 14.1 Å². The van der Waals surface area contributed by atoms with Crippen LogP contribution >= 0.6 is 0 Å². The Morgan fingerprint density at radius 1 is 1.00 bits per heavy atom. The van der Waals surface area contributed by atoms with E-state index in [0.29, 0.717) is 24.2 Å². The Hall–Kier alpha value is -0.0800. The Morgan fingerprint density at radius 2 is 1.53 bits per heavy atom. The highest BCUT2D eigenvalue weighted by Crippen LogP contribution is 2.23. The van der Waals surface area contributed by atoms with Crippen molar-refractivity contribution in [2.24, 2.45) is 5.92 Å². The molecular weight excluding hydrogens is 186 g/mol. The van der Waals surface area contributed by atoms with E-state index in [4.69, 9.17) is 4.74 Å². The van der Waals surface area contributed by atoms with E-state index in [1.807, 2.05) is 0 Å². The monoisotopic (exact) mass is 215 g/mol. The fourth-order valence-electron chi connectivity index (χ4n) is 2.50. The molecule has 0 amide bonds. The van der Waals surface area contributed by atoms with Crippen molar-refractivity contribution < 1.29 is 4.74 Å². The molecule has 15 heavy (non-hydrogen) atoms. The lowest BCUT2D eigenvalue weighted by Crippen LogP contribution is -2.41. The van der Waals surface area contributed by atoms with E-state index in [0.717, 1.165) is 0 Å². The van der Waals surface area contributed by atoms with E-state index >= 15 is 0 Å². The topological polar surface area (TPSA) is 12.5 Å². The van der Waals surface area contributed by atoms with Gasteiger partial charge in [0.2, 0.25) is 0 Å². The average molecular weight is 215 g/mol. The number of ether oxygens (including phenoxy) is 1. The predicted octanol–water partition coefficient (Wildman–Crippen LogP) is 3.17. The number of hydrogen-bond donors (Lipinski definition) is 0. The van der Waals surface area contributed by atoms with Gasteiger partial charge >= 0.3 is 0 Å². The molecule has 0 fully saturated rings. The zero-order chi connectivity index (χ0) is 12.0. The first-order valence-electron chi connectivity index (χ1n) is 6.25. The van der Waals surface area contributed by atoms with Crippen molar-refractivity contribution in [3.63, 3.8) is 0 Å². The molecule has 0 aromatic rings. The largest absolute Gasteiger partial charge is 0.376 e. The second-order valence-corrected chi connectivity index (χ2v) is 4.90. The van der Waals surface area contributed by atoms with Crippen molar-refractivity contribution >= 4 is 0 Å². The van der Waals surface area contributed by atoms with E-state index in [2.05, 4.69) is 53.6 Å². The van der Waals surface area contributed by atoms with Crippen LogP contribution in [0.1, 0.15) is 47.5 Å². The molecule has 0 aliphatic rings. The molecule has 92 valence electrons. The minimum absolute atomic E-state index is 0.328. The van der Waals surface area contributed by atoms with Gasteiger partial charge in [-0.3, -0.25) is 0 Å². The van der Waals surface area contributed by atoms with Crippen LogP contribution in [0, 0.1) is 5.92 Å². The summed E-state index contributed by atoms with van der Waals surface area (Å²) in [6.45, 7) is 11.0. The van der Waals surface area contributed by atoms with Gasteiger partial charge in [-0.2, -0.15) is 0 Å². The Kier molecular flexibility index (Phi) is 7.20. The number of rotatable bonds is 7. The van der Waals surface area contributed by atoms with Crippen molar-refractivity contribution in [1.82, 2.24) is 4.90 Å². The van der Waals surface area contributed by atoms with E-state index < -0.39 is 0 Å². The summed E-state index contributed by atoms with van der Waals surface area (Å²) in [6, 6.07) is 0.628. The van der Waals surface area contributed by atoms with Gasteiger partial charge in [0.05, 0.1) is 12.2 Å². The first-order chi connectivity index (χ1) is 6.93. The molecule has 0 aromatic carbocycles. The second kappa shape index (κ2) is 7.24. The summed E-state index contributed by atoms with van der Waals surface area (Å²) >= 11 is 0. The first-order valence-corrected chi connectivity index (χ1v) is 6.25. The summed E-state index contributed by atoms with van der Waals surface area (Å²) in [5, 5.41) is 0. The predicted molar refractivity (Wildman–Crippen MR) is 67.2 cm³/mol. The average Bonchev–Trinajstić information content (AvgIpc) is 2.11. The first kappa shape index (κ1) is 14.9. The van der Waals surface area contributed by atoms with Gasteiger partial charge in [-0.25, -0.2) is 0 Å². The smallest absolute Gasteiger partial charge is 0.0593 e. The molecule has 2 heteroatoms. The lowest BCUT2D eigenvalue weighted by molar-refractivity contribution is -0.0375. The number of nitrogens with zero attached hydrogens (tertiary/aromatic N) is 1. The molecule has 0 spiro atoms. The van der Waals surface area contributed by atoms with Gasteiger partial charge in [-0.15, -0.1) is 0 Å². The van der Waals surface area contributed by atoms with Gasteiger partial charge in [0.1, 0.15) is 0 Å². The summed E-state index contributed by atoms with van der Waals surface area (Å²) < 4.78 is 5.91. The van der Waals surface area contributed by atoms with Crippen LogP contribution in [-0.2, 0) is 4.74 Å². The Morgan fingerprint density at radius 3 is 1.80 bits per heavy atom. The summed E-state index contributed by atoms with van der Waals surface area (Å²) in [4.78, 5) is 2.33. The van der Waals surface area contributed by atoms with Crippen LogP contribution in [0.3, 0.4) is 0 Å². The van der Waals surface area contributed by atoms with Gasteiger partial charge in [0, 0.05) is 12.0 Å². The van der Waals surface area contributed by atoms with Crippen LogP contribution in [0.2, 0.25) is 0 Å². The van der Waals surface area contributed by atoms with Gasteiger partial charge in [-0.05, 0) is 47.7 Å². The van der Waals surface area contributed by atoms with E-state index in [9.17, 15) is 0 Å². The van der Waals surface area contributed by atoms with Gasteiger partial charge in [0.15, 0.2) is 0 Å². The molecule has 0 aliphatic carbocycles. The molecule has 0 aromatic heterocycles. The molecule has 0 aliphatic heterocycles. The van der Waals surface area contributed by atoms with Crippen LogP contribution in [0.25, 0.3) is 0 Å². The van der Waals surface area contributed by atoms with Crippen LogP contribution in [-0.4, -0.2) is 37.2 Å². The number of hydrogen-bond acceptors (Lipinski definition) is 2. The van der Waals surface area contributed by atoms with Crippen molar-refractivity contribution in [2.45, 2.75) is 65.7 Å². The Bertz CT molecular complexity index is 157. The fourth-order valence-corrected chi connectivity index (χ4v) is 2.50. The molecule has 0 saturated carbocycles. The maximum atomic E-state index is 5.91.